The fourth-order valence-corrected chi connectivity index (χ4v) is 5.03. The first kappa shape index (κ1) is 17.3. The number of ether oxygens (including phenoxy) is 1. The number of hydrogen-bond donors (Lipinski definition) is 4. The summed E-state index contributed by atoms with van der Waals surface area (Å²) in [4.78, 5) is 0. The lowest BCUT2D eigenvalue weighted by atomic mass is 9.54. The number of aliphatic hydroxyl groups excluding tert-OH is 2. The number of benzene rings is 1. The normalized spacial score (nSPS) is 41.2. The smallest absolute Gasteiger partial charge is 0.119 e. The second-order valence-electron chi connectivity index (χ2n) is 8.35. The number of rotatable bonds is 4. The van der Waals surface area contributed by atoms with E-state index in [4.69, 9.17) is 4.74 Å². The van der Waals surface area contributed by atoms with Crippen molar-refractivity contribution >= 4 is 0 Å². The van der Waals surface area contributed by atoms with Gasteiger partial charge in [0.05, 0.1) is 24.9 Å². The molecule has 1 heterocycles. The molecule has 0 amide bonds. The van der Waals surface area contributed by atoms with Crippen LogP contribution in [0, 0.1) is 5.92 Å². The van der Waals surface area contributed by atoms with Gasteiger partial charge in [0.15, 0.2) is 0 Å². The van der Waals surface area contributed by atoms with Crippen LogP contribution < -0.4 is 10.1 Å². The molecule has 4 N–H and O–H groups in total. The Morgan fingerprint density at radius 3 is 2.64 bits per heavy atom. The molecule has 2 saturated carbocycles. The second kappa shape index (κ2) is 6.23. The number of piperidine rings is 1. The van der Waals surface area contributed by atoms with Gasteiger partial charge in [-0.1, -0.05) is 25.0 Å². The van der Waals surface area contributed by atoms with E-state index in [2.05, 4.69) is 5.32 Å². The first-order chi connectivity index (χ1) is 12.0. The van der Waals surface area contributed by atoms with Gasteiger partial charge in [-0.3, -0.25) is 0 Å². The third-order valence-electron chi connectivity index (χ3n) is 6.65. The number of aliphatic hydroxyl groups is 3. The minimum atomic E-state index is -1.07. The fraction of sp³-hybridized carbons (Fsp3) is 0.700. The van der Waals surface area contributed by atoms with E-state index in [0.717, 1.165) is 30.1 Å². The Balaban J connectivity index is 1.74. The Hall–Kier alpha value is -1.14. The molecule has 1 aliphatic heterocycles. The van der Waals surface area contributed by atoms with Gasteiger partial charge in [-0.05, 0) is 42.9 Å². The Bertz CT molecular complexity index is 634. The summed E-state index contributed by atoms with van der Waals surface area (Å²) in [7, 11) is 1.64. The average Bonchev–Trinajstić information content (AvgIpc) is 3.41. The summed E-state index contributed by atoms with van der Waals surface area (Å²) in [5.74, 6) is 1.55. The summed E-state index contributed by atoms with van der Waals surface area (Å²) in [6.45, 7) is 0.450. The third kappa shape index (κ3) is 2.97. The minimum Gasteiger partial charge on any atom is -0.497 e. The molecule has 1 aromatic carbocycles. The van der Waals surface area contributed by atoms with E-state index in [1.165, 1.54) is 12.8 Å². The van der Waals surface area contributed by atoms with Gasteiger partial charge in [0.2, 0.25) is 0 Å². The molecular weight excluding hydrogens is 318 g/mol. The molecular formula is C20H29NO4. The van der Waals surface area contributed by atoms with Crippen LogP contribution in [0.5, 0.6) is 5.75 Å². The lowest BCUT2D eigenvalue weighted by Gasteiger charge is -2.58. The molecule has 0 spiro atoms. The number of fused-ring (bicyclic) bond motifs is 1. The zero-order valence-corrected chi connectivity index (χ0v) is 14.8. The van der Waals surface area contributed by atoms with E-state index in [-0.39, 0.29) is 6.42 Å². The van der Waals surface area contributed by atoms with Crippen molar-refractivity contribution in [3.8, 4) is 5.75 Å². The molecule has 5 nitrogen and oxygen atoms in total. The monoisotopic (exact) mass is 347 g/mol. The van der Waals surface area contributed by atoms with Crippen molar-refractivity contribution in [2.24, 2.45) is 5.92 Å². The molecule has 3 aliphatic rings. The quantitative estimate of drug-likeness (QED) is 0.661. The largest absolute Gasteiger partial charge is 0.497 e. The van der Waals surface area contributed by atoms with Gasteiger partial charge < -0.3 is 25.4 Å². The summed E-state index contributed by atoms with van der Waals surface area (Å²) in [6, 6.07) is 8.18. The Kier molecular flexibility index (Phi) is 4.31. The maximum atomic E-state index is 11.5. The highest BCUT2D eigenvalue weighted by atomic mass is 16.5. The molecule has 0 radical (unpaired) electrons. The van der Waals surface area contributed by atoms with Crippen LogP contribution >= 0.6 is 0 Å². The zero-order chi connectivity index (χ0) is 17.7. The van der Waals surface area contributed by atoms with Crippen LogP contribution in [0.15, 0.2) is 24.3 Å². The van der Waals surface area contributed by atoms with E-state index in [1.54, 1.807) is 7.11 Å². The van der Waals surface area contributed by atoms with Crippen LogP contribution in [0.3, 0.4) is 0 Å². The van der Waals surface area contributed by atoms with Gasteiger partial charge in [-0.25, -0.2) is 0 Å². The maximum absolute atomic E-state index is 11.5. The van der Waals surface area contributed by atoms with Crippen LogP contribution in [0.1, 0.15) is 44.1 Å². The van der Waals surface area contributed by atoms with Crippen LogP contribution in [0.2, 0.25) is 0 Å². The zero-order valence-electron chi connectivity index (χ0n) is 14.8. The number of nitrogens with one attached hydrogen (secondary N) is 1. The topological polar surface area (TPSA) is 82.0 Å². The molecule has 138 valence electrons. The van der Waals surface area contributed by atoms with Crippen LogP contribution in [-0.4, -0.2) is 52.8 Å². The molecule has 2 aliphatic carbocycles. The maximum Gasteiger partial charge on any atom is 0.119 e. The predicted molar refractivity (Wildman–Crippen MR) is 94.6 cm³/mol. The van der Waals surface area contributed by atoms with E-state index >= 15 is 0 Å². The van der Waals surface area contributed by atoms with Gasteiger partial charge in [0, 0.05) is 24.4 Å². The van der Waals surface area contributed by atoms with Crippen molar-refractivity contribution in [1.82, 2.24) is 5.32 Å². The number of methoxy groups -OCH3 is 1. The standard InChI is InChI=1S/C20H29NO4/c1-25-16-4-2-3-14(8-16)19-9-15(7-13-5-6-13)21-12-20(19,24)11-18(23)17(22)10-19/h2-4,8,13,15,17-18,21-24H,5-7,9-12H2,1H3/t15?,17?,18?,19-,20-/m0/s1. The van der Waals surface area contributed by atoms with Crippen molar-refractivity contribution in [3.05, 3.63) is 29.8 Å². The minimum absolute atomic E-state index is 0.189. The Morgan fingerprint density at radius 1 is 1.16 bits per heavy atom. The van der Waals surface area contributed by atoms with E-state index in [9.17, 15) is 15.3 Å². The summed E-state index contributed by atoms with van der Waals surface area (Å²) < 4.78 is 5.40. The van der Waals surface area contributed by atoms with Crippen LogP contribution in [-0.2, 0) is 5.41 Å². The Labute approximate surface area is 149 Å². The molecule has 25 heavy (non-hydrogen) atoms. The lowest BCUT2D eigenvalue weighted by Crippen LogP contribution is -2.70. The van der Waals surface area contributed by atoms with Gasteiger partial charge in [0.1, 0.15) is 5.75 Å². The van der Waals surface area contributed by atoms with Gasteiger partial charge in [-0.15, -0.1) is 0 Å². The molecule has 5 heteroatoms. The first-order valence-corrected chi connectivity index (χ1v) is 9.42. The molecule has 3 fully saturated rings. The van der Waals surface area contributed by atoms with Crippen LogP contribution in [0.25, 0.3) is 0 Å². The average molecular weight is 347 g/mol. The summed E-state index contributed by atoms with van der Waals surface area (Å²) in [5.41, 5.74) is -0.633. The molecule has 3 unspecified atom stereocenters. The molecule has 1 aromatic rings. The third-order valence-corrected chi connectivity index (χ3v) is 6.65. The van der Waals surface area contributed by atoms with Crippen molar-refractivity contribution in [2.75, 3.05) is 13.7 Å². The highest BCUT2D eigenvalue weighted by Gasteiger charge is 2.60. The highest BCUT2D eigenvalue weighted by molar-refractivity contribution is 5.39. The van der Waals surface area contributed by atoms with E-state index in [0.29, 0.717) is 19.0 Å². The summed E-state index contributed by atoms with van der Waals surface area (Å²) in [5, 5.41) is 35.7. The molecule has 4 rings (SSSR count). The lowest BCUT2D eigenvalue weighted by molar-refractivity contribution is -0.164. The fourth-order valence-electron chi connectivity index (χ4n) is 5.03. The van der Waals surface area contributed by atoms with Gasteiger partial charge >= 0.3 is 0 Å². The van der Waals surface area contributed by atoms with Crippen LogP contribution in [0.4, 0.5) is 0 Å². The SMILES string of the molecule is COc1cccc([C@@]23CC(CC4CC4)NC[C@@]2(O)CC(O)C(O)C3)c1. The molecule has 5 atom stereocenters. The Morgan fingerprint density at radius 2 is 1.92 bits per heavy atom. The van der Waals surface area contributed by atoms with E-state index < -0.39 is 23.2 Å². The van der Waals surface area contributed by atoms with Gasteiger partial charge in [0.25, 0.3) is 0 Å². The second-order valence-corrected chi connectivity index (χ2v) is 8.35. The number of hydrogen-bond acceptors (Lipinski definition) is 5. The molecule has 0 bridgehead atoms. The summed E-state index contributed by atoms with van der Waals surface area (Å²) >= 11 is 0. The first-order valence-electron chi connectivity index (χ1n) is 9.42. The molecule has 0 aromatic heterocycles. The van der Waals surface area contributed by atoms with Crippen molar-refractivity contribution in [3.63, 3.8) is 0 Å². The predicted octanol–water partition coefficient (Wildman–Crippen LogP) is 1.34. The highest BCUT2D eigenvalue weighted by Crippen LogP contribution is 2.53. The van der Waals surface area contributed by atoms with Crippen molar-refractivity contribution in [1.29, 1.82) is 0 Å². The summed E-state index contributed by atoms with van der Waals surface area (Å²) in [6.07, 6.45) is 3.37. The van der Waals surface area contributed by atoms with Gasteiger partial charge in [-0.2, -0.15) is 0 Å². The van der Waals surface area contributed by atoms with E-state index in [1.807, 2.05) is 24.3 Å². The van der Waals surface area contributed by atoms with Crippen molar-refractivity contribution < 1.29 is 20.1 Å². The number of β-amino-alcohol motifs (C(OH)–C–C–N with tert-alkyl or cyclic N) is 1. The molecule has 1 saturated heterocycles. The van der Waals surface area contributed by atoms with Crippen molar-refractivity contribution in [2.45, 2.75) is 67.8 Å².